The first-order valence-corrected chi connectivity index (χ1v) is 8.90. The zero-order valence-electron chi connectivity index (χ0n) is 13.5. The molecule has 2 rings (SSSR count). The van der Waals surface area contributed by atoms with Crippen molar-refractivity contribution in [2.45, 2.75) is 45.3 Å². The van der Waals surface area contributed by atoms with E-state index in [1.54, 1.807) is 11.3 Å². The normalized spacial score (nSPS) is 23.5. The molecule has 1 fully saturated rings. The van der Waals surface area contributed by atoms with Gasteiger partial charge in [-0.3, -0.25) is 9.69 Å². The lowest BCUT2D eigenvalue weighted by Crippen LogP contribution is -2.49. The van der Waals surface area contributed by atoms with Gasteiger partial charge in [0.2, 0.25) is 0 Å². The summed E-state index contributed by atoms with van der Waals surface area (Å²) in [6, 6.07) is 2.13. The average Bonchev–Trinajstić information content (AvgIpc) is 2.70. The molecular weight excluding hydrogens is 320 g/mol. The third kappa shape index (κ3) is 5.88. The molecule has 1 saturated heterocycles. The van der Waals surface area contributed by atoms with Crippen LogP contribution in [0.4, 0.5) is 0 Å². The molecule has 2 unspecified atom stereocenters. The van der Waals surface area contributed by atoms with Gasteiger partial charge in [0.15, 0.2) is 0 Å². The Morgan fingerprint density at radius 2 is 2.23 bits per heavy atom. The van der Waals surface area contributed by atoms with Gasteiger partial charge in [-0.05, 0) is 56.5 Å². The van der Waals surface area contributed by atoms with Crippen LogP contribution >= 0.6 is 22.9 Å². The summed E-state index contributed by atoms with van der Waals surface area (Å²) in [5.74, 6) is 0.274. The number of ether oxygens (including phenoxy) is 1. The quantitative estimate of drug-likeness (QED) is 0.853. The van der Waals surface area contributed by atoms with Crippen LogP contribution in [0.15, 0.2) is 11.4 Å². The summed E-state index contributed by atoms with van der Waals surface area (Å²) in [5.41, 5.74) is 6.97. The Bertz CT molecular complexity index is 512. The summed E-state index contributed by atoms with van der Waals surface area (Å²) in [6.45, 7) is 7.59. The predicted molar refractivity (Wildman–Crippen MR) is 91.4 cm³/mol. The fraction of sp³-hybridized carbons (Fsp3) is 0.688. The topological polar surface area (TPSA) is 55.6 Å². The van der Waals surface area contributed by atoms with Gasteiger partial charge in [-0.1, -0.05) is 11.6 Å². The molecule has 1 aliphatic rings. The molecule has 22 heavy (non-hydrogen) atoms. The number of nitrogens with two attached hydrogens (primary N) is 1. The number of hydrogen-bond donors (Lipinski definition) is 1. The first kappa shape index (κ1) is 17.7. The number of halogens is 1. The highest BCUT2D eigenvalue weighted by Crippen LogP contribution is 2.25. The number of rotatable bonds is 4. The van der Waals surface area contributed by atoms with E-state index in [9.17, 15) is 4.79 Å². The molecule has 124 valence electrons. The van der Waals surface area contributed by atoms with Gasteiger partial charge in [0, 0.05) is 19.1 Å². The summed E-state index contributed by atoms with van der Waals surface area (Å²) in [5, 5.41) is 2.10. The molecule has 0 amide bonds. The van der Waals surface area contributed by atoms with Gasteiger partial charge in [0.05, 0.1) is 10.9 Å². The maximum Gasteiger partial charge on any atom is 0.320 e. The molecule has 0 radical (unpaired) electrons. The maximum absolute atomic E-state index is 12.0. The van der Waals surface area contributed by atoms with E-state index >= 15 is 0 Å². The Balaban J connectivity index is 1.89. The minimum atomic E-state index is -0.443. The number of nitrogens with zero attached hydrogens (tertiary/aromatic N) is 1. The van der Waals surface area contributed by atoms with Crippen LogP contribution in [0.5, 0.6) is 0 Å². The third-order valence-electron chi connectivity index (χ3n) is 3.56. The smallest absolute Gasteiger partial charge is 0.320 e. The Labute approximate surface area is 141 Å². The first-order chi connectivity index (χ1) is 10.2. The van der Waals surface area contributed by atoms with Crippen molar-refractivity contribution in [3.63, 3.8) is 0 Å². The van der Waals surface area contributed by atoms with E-state index in [0.29, 0.717) is 12.5 Å². The Morgan fingerprint density at radius 3 is 2.82 bits per heavy atom. The van der Waals surface area contributed by atoms with Gasteiger partial charge in [-0.2, -0.15) is 0 Å². The fourth-order valence-corrected chi connectivity index (χ4v) is 3.89. The lowest BCUT2D eigenvalue weighted by molar-refractivity contribution is -0.156. The SMILES string of the molecule is CC(C)(C)OC(=O)CN1CC(N)CC(Cc2csc(Cl)c2)C1. The van der Waals surface area contributed by atoms with Crippen LogP contribution in [-0.2, 0) is 16.0 Å². The molecule has 0 saturated carbocycles. The van der Waals surface area contributed by atoms with Gasteiger partial charge in [0.25, 0.3) is 0 Å². The van der Waals surface area contributed by atoms with Crippen LogP contribution < -0.4 is 5.73 Å². The average molecular weight is 345 g/mol. The number of carbonyl (C=O) groups excluding carboxylic acids is 1. The van der Waals surface area contributed by atoms with Gasteiger partial charge in [-0.15, -0.1) is 11.3 Å². The Morgan fingerprint density at radius 1 is 1.50 bits per heavy atom. The number of likely N-dealkylation sites (tertiary alicyclic amines) is 1. The second-order valence-corrected chi connectivity index (χ2v) is 8.65. The first-order valence-electron chi connectivity index (χ1n) is 7.64. The predicted octanol–water partition coefficient (Wildman–Crippen LogP) is 2.93. The van der Waals surface area contributed by atoms with Crippen molar-refractivity contribution in [2.75, 3.05) is 19.6 Å². The lowest BCUT2D eigenvalue weighted by atomic mass is 9.90. The van der Waals surface area contributed by atoms with Crippen LogP contribution in [0.3, 0.4) is 0 Å². The van der Waals surface area contributed by atoms with Crippen LogP contribution in [0.2, 0.25) is 4.34 Å². The minimum Gasteiger partial charge on any atom is -0.459 e. The van der Waals surface area contributed by atoms with Crippen molar-refractivity contribution < 1.29 is 9.53 Å². The number of hydrogen-bond acceptors (Lipinski definition) is 5. The second kappa shape index (κ2) is 7.30. The molecule has 2 atom stereocenters. The van der Waals surface area contributed by atoms with Crippen LogP contribution in [0.25, 0.3) is 0 Å². The number of thiophene rings is 1. The van der Waals surface area contributed by atoms with Crippen molar-refractivity contribution in [1.29, 1.82) is 0 Å². The lowest BCUT2D eigenvalue weighted by Gasteiger charge is -2.36. The summed E-state index contributed by atoms with van der Waals surface area (Å²) < 4.78 is 6.22. The van der Waals surface area contributed by atoms with E-state index in [-0.39, 0.29) is 12.0 Å². The number of piperidine rings is 1. The maximum atomic E-state index is 12.0. The van der Waals surface area contributed by atoms with Gasteiger partial charge in [-0.25, -0.2) is 0 Å². The number of esters is 1. The molecule has 0 aromatic carbocycles. The van der Waals surface area contributed by atoms with Crippen molar-refractivity contribution in [3.05, 3.63) is 21.3 Å². The Kier molecular flexibility index (Phi) is 5.88. The van der Waals surface area contributed by atoms with Crippen molar-refractivity contribution >= 4 is 28.9 Å². The van der Waals surface area contributed by atoms with E-state index in [4.69, 9.17) is 22.1 Å². The van der Waals surface area contributed by atoms with Crippen molar-refractivity contribution in [2.24, 2.45) is 11.7 Å². The molecule has 4 nitrogen and oxygen atoms in total. The van der Waals surface area contributed by atoms with Gasteiger partial charge < -0.3 is 10.5 Å². The van der Waals surface area contributed by atoms with E-state index < -0.39 is 5.60 Å². The molecule has 1 aliphatic heterocycles. The molecular formula is C16H25ClN2O2S. The molecule has 0 spiro atoms. The monoisotopic (exact) mass is 344 g/mol. The fourth-order valence-electron chi connectivity index (χ4n) is 2.97. The van der Waals surface area contributed by atoms with Crippen molar-refractivity contribution in [3.8, 4) is 0 Å². The van der Waals surface area contributed by atoms with E-state index in [0.717, 1.165) is 30.3 Å². The van der Waals surface area contributed by atoms with Crippen LogP contribution in [-0.4, -0.2) is 42.1 Å². The largest absolute Gasteiger partial charge is 0.459 e. The van der Waals surface area contributed by atoms with Crippen LogP contribution in [0.1, 0.15) is 32.8 Å². The molecule has 0 aliphatic carbocycles. The highest BCUT2D eigenvalue weighted by molar-refractivity contribution is 7.14. The van der Waals surface area contributed by atoms with Gasteiger partial charge in [0.1, 0.15) is 5.60 Å². The zero-order chi connectivity index (χ0) is 16.3. The molecule has 2 heterocycles. The summed E-state index contributed by atoms with van der Waals surface area (Å²) in [7, 11) is 0. The van der Waals surface area contributed by atoms with E-state index in [1.807, 2.05) is 26.8 Å². The second-order valence-electron chi connectivity index (χ2n) is 7.11. The molecule has 1 aromatic heterocycles. The van der Waals surface area contributed by atoms with E-state index in [2.05, 4.69) is 10.3 Å². The molecule has 0 bridgehead atoms. The third-order valence-corrected chi connectivity index (χ3v) is 4.70. The summed E-state index contributed by atoms with van der Waals surface area (Å²) in [6.07, 6.45) is 1.94. The highest BCUT2D eigenvalue weighted by Gasteiger charge is 2.28. The van der Waals surface area contributed by atoms with Crippen LogP contribution in [0, 0.1) is 5.92 Å². The minimum absolute atomic E-state index is 0.107. The molecule has 6 heteroatoms. The standard InChI is InChI=1S/C16H25ClN2O2S/c1-16(2,3)21-15(20)9-19-7-11(5-13(18)8-19)4-12-6-14(17)22-10-12/h6,10-11,13H,4-5,7-9,18H2,1-3H3. The van der Waals surface area contributed by atoms with E-state index in [1.165, 1.54) is 5.56 Å². The number of carbonyl (C=O) groups is 1. The Hall–Kier alpha value is -0.620. The molecule has 1 aromatic rings. The highest BCUT2D eigenvalue weighted by atomic mass is 35.5. The summed E-state index contributed by atoms with van der Waals surface area (Å²) in [4.78, 5) is 14.1. The van der Waals surface area contributed by atoms with Gasteiger partial charge >= 0.3 is 5.97 Å². The zero-order valence-corrected chi connectivity index (χ0v) is 15.0. The summed E-state index contributed by atoms with van der Waals surface area (Å²) >= 11 is 7.55. The van der Waals surface area contributed by atoms with Crippen molar-refractivity contribution in [1.82, 2.24) is 4.90 Å². The molecule has 2 N–H and O–H groups in total.